The van der Waals surface area contributed by atoms with Crippen molar-refractivity contribution in [3.05, 3.63) is 48.0 Å². The van der Waals surface area contributed by atoms with E-state index in [-0.39, 0.29) is 11.2 Å². The van der Waals surface area contributed by atoms with Gasteiger partial charge in [-0.15, -0.1) is 11.8 Å². The molecule has 0 heterocycles. The molecule has 0 fully saturated rings. The maximum Gasteiger partial charge on any atom is 0.253 e. The van der Waals surface area contributed by atoms with Crippen molar-refractivity contribution in [2.45, 2.75) is 17.1 Å². The fraction of sp³-hybridized carbons (Fsp3) is 0.263. The summed E-state index contributed by atoms with van der Waals surface area (Å²) in [7, 11) is 4.63. The van der Waals surface area contributed by atoms with Crippen molar-refractivity contribution in [2.24, 2.45) is 5.10 Å². The molecule has 0 saturated heterocycles. The third-order valence-corrected chi connectivity index (χ3v) is 4.61. The van der Waals surface area contributed by atoms with Crippen LogP contribution in [-0.4, -0.2) is 38.7 Å². The van der Waals surface area contributed by atoms with Gasteiger partial charge in [-0.3, -0.25) is 4.79 Å². The number of nitrogens with zero attached hydrogens (tertiary/aromatic N) is 1. The first-order valence-electron chi connectivity index (χ1n) is 7.93. The first-order chi connectivity index (χ1) is 12.6. The van der Waals surface area contributed by atoms with Crippen LogP contribution in [0.5, 0.6) is 17.2 Å². The van der Waals surface area contributed by atoms with Crippen molar-refractivity contribution in [2.75, 3.05) is 21.3 Å². The van der Waals surface area contributed by atoms with Crippen LogP contribution in [0.3, 0.4) is 0 Å². The van der Waals surface area contributed by atoms with Gasteiger partial charge in [0.2, 0.25) is 5.75 Å². The number of methoxy groups -OCH3 is 3. The van der Waals surface area contributed by atoms with Crippen LogP contribution >= 0.6 is 11.8 Å². The van der Waals surface area contributed by atoms with Crippen molar-refractivity contribution >= 4 is 23.9 Å². The SMILES string of the molecule is COc1cc(/C=N\NC(=O)[C@H](C)Sc2ccccc2)cc(OC)c1OC. The number of thioether (sulfide) groups is 1. The highest BCUT2D eigenvalue weighted by atomic mass is 32.2. The monoisotopic (exact) mass is 374 g/mol. The fourth-order valence-corrected chi connectivity index (χ4v) is 3.08. The van der Waals surface area contributed by atoms with E-state index in [1.54, 1.807) is 33.5 Å². The number of carbonyl (C=O) groups excluding carboxylic acids is 1. The zero-order valence-electron chi connectivity index (χ0n) is 15.2. The molecule has 1 amide bonds. The average molecular weight is 374 g/mol. The summed E-state index contributed by atoms with van der Waals surface area (Å²) in [5.41, 5.74) is 3.26. The molecule has 2 aromatic rings. The van der Waals surface area contributed by atoms with Gasteiger partial charge >= 0.3 is 0 Å². The third-order valence-electron chi connectivity index (χ3n) is 3.50. The molecular formula is C19H22N2O4S. The normalized spacial score (nSPS) is 11.8. The summed E-state index contributed by atoms with van der Waals surface area (Å²) < 4.78 is 15.9. The lowest BCUT2D eigenvalue weighted by molar-refractivity contribution is -0.120. The molecular weight excluding hydrogens is 352 g/mol. The van der Waals surface area contributed by atoms with Crippen molar-refractivity contribution in [1.82, 2.24) is 5.43 Å². The zero-order valence-corrected chi connectivity index (χ0v) is 16.0. The van der Waals surface area contributed by atoms with Gasteiger partial charge in [-0.2, -0.15) is 5.10 Å². The molecule has 2 aromatic carbocycles. The van der Waals surface area contributed by atoms with Gasteiger partial charge < -0.3 is 14.2 Å². The van der Waals surface area contributed by atoms with Gasteiger partial charge in [0.25, 0.3) is 5.91 Å². The van der Waals surface area contributed by atoms with Gasteiger partial charge in [0, 0.05) is 10.5 Å². The van der Waals surface area contributed by atoms with E-state index in [4.69, 9.17) is 14.2 Å². The number of ether oxygens (including phenoxy) is 3. The Morgan fingerprint density at radius 2 is 1.69 bits per heavy atom. The van der Waals surface area contributed by atoms with E-state index in [1.807, 2.05) is 37.3 Å². The standard InChI is InChI=1S/C19H22N2O4S/c1-13(26-15-8-6-5-7-9-15)19(22)21-20-12-14-10-16(23-2)18(25-4)17(11-14)24-3/h5-13H,1-4H3,(H,21,22)/b20-12-/t13-/m0/s1. The summed E-state index contributed by atoms with van der Waals surface area (Å²) in [4.78, 5) is 13.2. The topological polar surface area (TPSA) is 69.2 Å². The van der Waals surface area contributed by atoms with E-state index in [0.717, 1.165) is 4.90 Å². The lowest BCUT2D eigenvalue weighted by Gasteiger charge is -2.12. The molecule has 0 aromatic heterocycles. The smallest absolute Gasteiger partial charge is 0.253 e. The summed E-state index contributed by atoms with van der Waals surface area (Å²) in [5.74, 6) is 1.37. The second-order valence-corrected chi connectivity index (χ2v) is 6.68. The molecule has 0 aliphatic carbocycles. The Balaban J connectivity index is 2.02. The second-order valence-electron chi connectivity index (χ2n) is 5.27. The minimum Gasteiger partial charge on any atom is -0.493 e. The van der Waals surface area contributed by atoms with Gasteiger partial charge in [0.05, 0.1) is 32.8 Å². The van der Waals surface area contributed by atoms with Crippen LogP contribution in [0.25, 0.3) is 0 Å². The summed E-state index contributed by atoms with van der Waals surface area (Å²) >= 11 is 1.47. The Hall–Kier alpha value is -2.67. The summed E-state index contributed by atoms with van der Waals surface area (Å²) in [6.45, 7) is 1.84. The van der Waals surface area contributed by atoms with Gasteiger partial charge in [-0.05, 0) is 31.2 Å². The molecule has 1 atom stereocenters. The minimum absolute atomic E-state index is 0.178. The molecule has 0 spiro atoms. The van der Waals surface area contributed by atoms with Gasteiger partial charge in [-0.1, -0.05) is 18.2 Å². The Labute approximate surface area is 157 Å². The minimum atomic E-state index is -0.269. The number of carbonyl (C=O) groups is 1. The van der Waals surface area contributed by atoms with Crippen molar-refractivity contribution in [3.8, 4) is 17.2 Å². The highest BCUT2D eigenvalue weighted by Gasteiger charge is 2.14. The molecule has 0 aliphatic rings. The van der Waals surface area contributed by atoms with Crippen molar-refractivity contribution in [1.29, 1.82) is 0 Å². The van der Waals surface area contributed by atoms with E-state index in [1.165, 1.54) is 18.0 Å². The molecule has 0 aliphatic heterocycles. The highest BCUT2D eigenvalue weighted by Crippen LogP contribution is 2.37. The largest absolute Gasteiger partial charge is 0.493 e. The average Bonchev–Trinajstić information content (AvgIpc) is 2.67. The molecule has 6 nitrogen and oxygen atoms in total. The Morgan fingerprint density at radius 3 is 2.23 bits per heavy atom. The molecule has 0 radical (unpaired) electrons. The van der Waals surface area contributed by atoms with Crippen LogP contribution in [0, 0.1) is 0 Å². The van der Waals surface area contributed by atoms with E-state index >= 15 is 0 Å². The van der Waals surface area contributed by atoms with E-state index in [0.29, 0.717) is 22.8 Å². The molecule has 26 heavy (non-hydrogen) atoms. The fourth-order valence-electron chi connectivity index (χ4n) is 2.19. The molecule has 0 unspecified atom stereocenters. The number of nitrogens with one attached hydrogen (secondary N) is 1. The summed E-state index contributed by atoms with van der Waals surface area (Å²) in [6.07, 6.45) is 1.53. The molecule has 0 bridgehead atoms. The van der Waals surface area contributed by atoms with Gasteiger partial charge in [-0.25, -0.2) is 5.43 Å². The van der Waals surface area contributed by atoms with Gasteiger partial charge in [0.15, 0.2) is 11.5 Å². The number of hydrogen-bond acceptors (Lipinski definition) is 6. The lowest BCUT2D eigenvalue weighted by Crippen LogP contribution is -2.26. The summed E-state index contributed by atoms with van der Waals surface area (Å²) in [6, 6.07) is 13.3. The Morgan fingerprint density at radius 1 is 1.08 bits per heavy atom. The number of rotatable bonds is 8. The van der Waals surface area contributed by atoms with E-state index in [9.17, 15) is 4.79 Å². The second kappa shape index (κ2) is 9.72. The van der Waals surface area contributed by atoms with Crippen molar-refractivity contribution in [3.63, 3.8) is 0 Å². The molecule has 1 N–H and O–H groups in total. The molecule has 2 rings (SSSR count). The van der Waals surface area contributed by atoms with Crippen LogP contribution in [0.1, 0.15) is 12.5 Å². The van der Waals surface area contributed by atoms with Gasteiger partial charge in [0.1, 0.15) is 0 Å². The van der Waals surface area contributed by atoms with Crippen LogP contribution in [-0.2, 0) is 4.79 Å². The summed E-state index contributed by atoms with van der Waals surface area (Å²) in [5, 5.41) is 3.75. The lowest BCUT2D eigenvalue weighted by atomic mass is 10.2. The maximum absolute atomic E-state index is 12.2. The molecule has 138 valence electrons. The predicted octanol–water partition coefficient (Wildman–Crippen LogP) is 3.34. The van der Waals surface area contributed by atoms with Crippen molar-refractivity contribution < 1.29 is 19.0 Å². The van der Waals surface area contributed by atoms with E-state index in [2.05, 4.69) is 10.5 Å². The van der Waals surface area contributed by atoms with E-state index < -0.39 is 0 Å². The van der Waals surface area contributed by atoms with Crippen LogP contribution in [0.2, 0.25) is 0 Å². The highest BCUT2D eigenvalue weighted by molar-refractivity contribution is 8.00. The zero-order chi connectivity index (χ0) is 18.9. The number of hydrazone groups is 1. The van der Waals surface area contributed by atoms with Crippen LogP contribution in [0.4, 0.5) is 0 Å². The molecule has 0 saturated carbocycles. The quantitative estimate of drug-likeness (QED) is 0.436. The third kappa shape index (κ3) is 5.16. The number of hydrogen-bond donors (Lipinski definition) is 1. The predicted molar refractivity (Wildman–Crippen MR) is 104 cm³/mol. The maximum atomic E-state index is 12.2. The Bertz CT molecular complexity index is 740. The molecule has 7 heteroatoms. The number of benzene rings is 2. The van der Waals surface area contributed by atoms with Crippen LogP contribution < -0.4 is 19.6 Å². The number of amides is 1. The van der Waals surface area contributed by atoms with Crippen LogP contribution in [0.15, 0.2) is 52.5 Å². The first kappa shape index (κ1) is 19.7. The first-order valence-corrected chi connectivity index (χ1v) is 8.81. The Kier molecular flexibility index (Phi) is 7.35.